The van der Waals surface area contributed by atoms with Crippen LogP contribution in [0.5, 0.6) is 11.5 Å². The summed E-state index contributed by atoms with van der Waals surface area (Å²) in [5.41, 5.74) is 2.95. The molecule has 3 rings (SSSR count). The van der Waals surface area contributed by atoms with Gasteiger partial charge >= 0.3 is 6.03 Å². The van der Waals surface area contributed by atoms with Crippen LogP contribution >= 0.6 is 11.6 Å². The molecule has 2 N–H and O–H groups in total. The first-order chi connectivity index (χ1) is 11.6. The van der Waals surface area contributed by atoms with Crippen LogP contribution in [0.1, 0.15) is 23.6 Å². The SMILES string of the molecule is COc1cc(OC)c(NC(=O)NC2CCc3ccccc32)cc1Cl. The van der Waals surface area contributed by atoms with Gasteiger partial charge in [0.2, 0.25) is 0 Å². The van der Waals surface area contributed by atoms with Crippen LogP contribution in [0, 0.1) is 0 Å². The molecule has 6 heteroatoms. The molecule has 0 aromatic heterocycles. The van der Waals surface area contributed by atoms with E-state index in [-0.39, 0.29) is 12.1 Å². The molecular formula is C18H19ClN2O3. The van der Waals surface area contributed by atoms with Gasteiger partial charge in [-0.05, 0) is 30.0 Å². The first-order valence-corrected chi connectivity index (χ1v) is 8.07. The summed E-state index contributed by atoms with van der Waals surface area (Å²) in [5, 5.41) is 6.20. The largest absolute Gasteiger partial charge is 0.495 e. The first-order valence-electron chi connectivity index (χ1n) is 7.69. The highest BCUT2D eigenvalue weighted by atomic mass is 35.5. The number of halogens is 1. The molecule has 0 heterocycles. The summed E-state index contributed by atoms with van der Waals surface area (Å²) >= 11 is 6.13. The maximum atomic E-state index is 12.4. The Balaban J connectivity index is 1.73. The summed E-state index contributed by atoms with van der Waals surface area (Å²) in [6.45, 7) is 0. The van der Waals surface area contributed by atoms with E-state index in [0.717, 1.165) is 12.8 Å². The van der Waals surface area contributed by atoms with Crippen molar-refractivity contribution in [2.45, 2.75) is 18.9 Å². The Bertz CT molecular complexity index is 764. The zero-order valence-electron chi connectivity index (χ0n) is 13.6. The van der Waals surface area contributed by atoms with E-state index in [9.17, 15) is 4.79 Å². The Kier molecular flexibility index (Phi) is 4.81. The molecule has 1 atom stereocenters. The average molecular weight is 347 g/mol. The van der Waals surface area contributed by atoms with Crippen molar-refractivity contribution in [1.82, 2.24) is 5.32 Å². The lowest BCUT2D eigenvalue weighted by Crippen LogP contribution is -2.31. The first kappa shape index (κ1) is 16.5. The van der Waals surface area contributed by atoms with Gasteiger partial charge in [-0.3, -0.25) is 0 Å². The predicted molar refractivity (Wildman–Crippen MR) is 94.2 cm³/mol. The van der Waals surface area contributed by atoms with Crippen molar-refractivity contribution in [3.05, 3.63) is 52.5 Å². The molecule has 126 valence electrons. The molecule has 1 aliphatic carbocycles. The number of carbonyl (C=O) groups excluding carboxylic acids is 1. The number of aryl methyl sites for hydroxylation is 1. The summed E-state index contributed by atoms with van der Waals surface area (Å²) in [6, 6.07) is 11.1. The number of urea groups is 1. The minimum absolute atomic E-state index is 0.0147. The van der Waals surface area contributed by atoms with Crippen LogP contribution in [-0.2, 0) is 6.42 Å². The number of nitrogens with one attached hydrogen (secondary N) is 2. The van der Waals surface area contributed by atoms with Gasteiger partial charge in [0.1, 0.15) is 11.5 Å². The second kappa shape index (κ2) is 7.01. The van der Waals surface area contributed by atoms with Crippen molar-refractivity contribution >= 4 is 23.3 Å². The van der Waals surface area contributed by atoms with E-state index in [2.05, 4.69) is 22.8 Å². The molecule has 0 saturated carbocycles. The lowest BCUT2D eigenvalue weighted by Gasteiger charge is -2.17. The third-order valence-electron chi connectivity index (χ3n) is 4.16. The smallest absolute Gasteiger partial charge is 0.319 e. The number of fused-ring (bicyclic) bond motifs is 1. The van der Waals surface area contributed by atoms with E-state index in [4.69, 9.17) is 21.1 Å². The van der Waals surface area contributed by atoms with Crippen LogP contribution in [0.4, 0.5) is 10.5 Å². The Morgan fingerprint density at radius 2 is 1.92 bits per heavy atom. The molecule has 0 fully saturated rings. The fourth-order valence-corrected chi connectivity index (χ4v) is 3.22. The van der Waals surface area contributed by atoms with Gasteiger partial charge in [-0.2, -0.15) is 0 Å². The van der Waals surface area contributed by atoms with E-state index < -0.39 is 0 Å². The molecule has 0 saturated heterocycles. The minimum Gasteiger partial charge on any atom is -0.495 e. The van der Waals surface area contributed by atoms with Gasteiger partial charge in [-0.15, -0.1) is 0 Å². The zero-order chi connectivity index (χ0) is 17.1. The molecule has 0 bridgehead atoms. The molecule has 24 heavy (non-hydrogen) atoms. The quantitative estimate of drug-likeness (QED) is 0.873. The number of anilines is 1. The van der Waals surface area contributed by atoms with Gasteiger partial charge in [0.05, 0.1) is 31.0 Å². The monoisotopic (exact) mass is 346 g/mol. The molecule has 1 aliphatic rings. The summed E-state index contributed by atoms with van der Waals surface area (Å²) < 4.78 is 10.4. The number of rotatable bonds is 4. The van der Waals surface area contributed by atoms with Crippen molar-refractivity contribution in [3.8, 4) is 11.5 Å². The topological polar surface area (TPSA) is 59.6 Å². The third-order valence-corrected chi connectivity index (χ3v) is 4.46. The van der Waals surface area contributed by atoms with Gasteiger partial charge in [-0.25, -0.2) is 4.79 Å². The molecule has 2 aromatic carbocycles. The fraction of sp³-hybridized carbons (Fsp3) is 0.278. The lowest BCUT2D eigenvalue weighted by atomic mass is 10.1. The second-order valence-electron chi connectivity index (χ2n) is 5.58. The summed E-state index contributed by atoms with van der Waals surface area (Å²) in [5.74, 6) is 0.974. The van der Waals surface area contributed by atoms with Crippen LogP contribution in [-0.4, -0.2) is 20.3 Å². The Morgan fingerprint density at radius 3 is 2.67 bits per heavy atom. The third kappa shape index (κ3) is 3.26. The van der Waals surface area contributed by atoms with Crippen molar-refractivity contribution < 1.29 is 14.3 Å². The van der Waals surface area contributed by atoms with Crippen molar-refractivity contribution in [3.63, 3.8) is 0 Å². The molecule has 2 amide bonds. The maximum Gasteiger partial charge on any atom is 0.319 e. The number of amides is 2. The molecule has 1 unspecified atom stereocenters. The Labute approximate surface area is 145 Å². The summed E-state index contributed by atoms with van der Waals surface area (Å²) in [6.07, 6.45) is 1.87. The molecule has 0 aliphatic heterocycles. The van der Waals surface area contributed by atoms with Crippen LogP contribution in [0.15, 0.2) is 36.4 Å². The average Bonchev–Trinajstić information content (AvgIpc) is 2.98. The van der Waals surface area contributed by atoms with Gasteiger partial charge in [0.25, 0.3) is 0 Å². The number of hydrogen-bond donors (Lipinski definition) is 2. The Morgan fingerprint density at radius 1 is 1.17 bits per heavy atom. The van der Waals surface area contributed by atoms with Gasteiger partial charge in [0, 0.05) is 6.07 Å². The van der Waals surface area contributed by atoms with Gasteiger partial charge in [0.15, 0.2) is 0 Å². The standard InChI is InChI=1S/C18H19ClN2O3/c1-23-16-10-17(24-2)15(9-13(16)19)21-18(22)20-14-8-7-11-5-3-4-6-12(11)14/h3-6,9-10,14H,7-8H2,1-2H3,(H2,20,21,22). The highest BCUT2D eigenvalue weighted by molar-refractivity contribution is 6.32. The predicted octanol–water partition coefficient (Wildman–Crippen LogP) is 4.17. The van der Waals surface area contributed by atoms with Crippen LogP contribution in [0.3, 0.4) is 0 Å². The van der Waals surface area contributed by atoms with Crippen molar-refractivity contribution in [2.75, 3.05) is 19.5 Å². The highest BCUT2D eigenvalue weighted by Gasteiger charge is 2.23. The highest BCUT2D eigenvalue weighted by Crippen LogP contribution is 2.36. The van der Waals surface area contributed by atoms with E-state index in [1.54, 1.807) is 12.1 Å². The van der Waals surface area contributed by atoms with E-state index in [1.807, 2.05) is 12.1 Å². The van der Waals surface area contributed by atoms with Gasteiger partial charge in [-0.1, -0.05) is 35.9 Å². The number of ether oxygens (including phenoxy) is 2. The van der Waals surface area contributed by atoms with Crippen molar-refractivity contribution in [2.24, 2.45) is 0 Å². The fourth-order valence-electron chi connectivity index (χ4n) is 2.98. The van der Waals surface area contributed by atoms with Crippen LogP contribution in [0.25, 0.3) is 0 Å². The molecule has 0 spiro atoms. The van der Waals surface area contributed by atoms with Crippen LogP contribution < -0.4 is 20.1 Å². The molecule has 2 aromatic rings. The second-order valence-corrected chi connectivity index (χ2v) is 5.98. The van der Waals surface area contributed by atoms with E-state index >= 15 is 0 Å². The van der Waals surface area contributed by atoms with E-state index in [1.165, 1.54) is 25.3 Å². The maximum absolute atomic E-state index is 12.4. The normalized spacial score (nSPS) is 15.5. The number of benzene rings is 2. The van der Waals surface area contributed by atoms with Gasteiger partial charge < -0.3 is 20.1 Å². The van der Waals surface area contributed by atoms with Crippen LogP contribution in [0.2, 0.25) is 5.02 Å². The Hall–Kier alpha value is -2.40. The molecule has 0 radical (unpaired) electrons. The zero-order valence-corrected chi connectivity index (χ0v) is 14.3. The minimum atomic E-state index is -0.295. The molecule has 5 nitrogen and oxygen atoms in total. The van der Waals surface area contributed by atoms with E-state index in [0.29, 0.717) is 22.2 Å². The summed E-state index contributed by atoms with van der Waals surface area (Å²) in [4.78, 5) is 12.4. The number of hydrogen-bond acceptors (Lipinski definition) is 3. The van der Waals surface area contributed by atoms with Crippen molar-refractivity contribution in [1.29, 1.82) is 0 Å². The lowest BCUT2D eigenvalue weighted by molar-refractivity contribution is 0.248. The molecular weight excluding hydrogens is 328 g/mol. The number of carbonyl (C=O) groups is 1. The summed E-state index contributed by atoms with van der Waals surface area (Å²) in [7, 11) is 3.05. The number of methoxy groups -OCH3 is 2.